The van der Waals surface area contributed by atoms with Crippen LogP contribution >= 0.6 is 0 Å². The Morgan fingerprint density at radius 1 is 1.00 bits per heavy atom. The van der Waals surface area contributed by atoms with Gasteiger partial charge in [-0.3, -0.25) is 9.88 Å². The van der Waals surface area contributed by atoms with Crippen LogP contribution in [0.2, 0.25) is 0 Å². The number of hydrogen-bond acceptors (Lipinski definition) is 4. The van der Waals surface area contributed by atoms with Gasteiger partial charge in [-0.2, -0.15) is 0 Å². The van der Waals surface area contributed by atoms with Crippen molar-refractivity contribution in [2.24, 2.45) is 0 Å². The fourth-order valence-electron chi connectivity index (χ4n) is 2.64. The van der Waals surface area contributed by atoms with E-state index in [4.69, 9.17) is 0 Å². The highest BCUT2D eigenvalue weighted by atomic mass is 19.2. The average Bonchev–Trinajstić information content (AvgIpc) is 2.57. The lowest BCUT2D eigenvalue weighted by Gasteiger charge is -2.35. The van der Waals surface area contributed by atoms with Crippen LogP contribution in [0.1, 0.15) is 5.56 Å². The maximum atomic E-state index is 13.2. The third kappa shape index (κ3) is 3.57. The standard InChI is InChI=1S/C16H18F2N4/c17-14-2-1-13(11-15(14)18)3-6-21-7-9-22(10-8-21)16-12-19-4-5-20-16/h1-2,4-5,11-12H,3,6-10H2. The molecule has 3 rings (SSSR count). The average molecular weight is 304 g/mol. The van der Waals surface area contributed by atoms with E-state index >= 15 is 0 Å². The third-order valence-corrected chi connectivity index (χ3v) is 3.95. The molecule has 2 heterocycles. The molecule has 0 bridgehead atoms. The molecule has 0 atom stereocenters. The van der Waals surface area contributed by atoms with Gasteiger partial charge >= 0.3 is 0 Å². The normalized spacial score (nSPS) is 16.0. The fraction of sp³-hybridized carbons (Fsp3) is 0.375. The monoisotopic (exact) mass is 304 g/mol. The van der Waals surface area contributed by atoms with Gasteiger partial charge in [-0.15, -0.1) is 0 Å². The Balaban J connectivity index is 1.49. The van der Waals surface area contributed by atoms with Crippen molar-refractivity contribution in [2.75, 3.05) is 37.6 Å². The summed E-state index contributed by atoms with van der Waals surface area (Å²) in [5.41, 5.74) is 0.829. The van der Waals surface area contributed by atoms with Crippen LogP contribution in [0.4, 0.5) is 14.6 Å². The number of piperazine rings is 1. The summed E-state index contributed by atoms with van der Waals surface area (Å²) in [7, 11) is 0. The SMILES string of the molecule is Fc1ccc(CCN2CCN(c3cnccn3)CC2)cc1F. The van der Waals surface area contributed by atoms with Crippen LogP contribution in [0, 0.1) is 11.6 Å². The Morgan fingerprint density at radius 3 is 2.50 bits per heavy atom. The van der Waals surface area contributed by atoms with Crippen molar-refractivity contribution in [2.45, 2.75) is 6.42 Å². The molecular formula is C16H18F2N4. The summed E-state index contributed by atoms with van der Waals surface area (Å²) < 4.78 is 26.1. The van der Waals surface area contributed by atoms with Crippen LogP contribution in [0.15, 0.2) is 36.8 Å². The predicted octanol–water partition coefficient (Wildman–Crippen LogP) is 2.12. The zero-order valence-electron chi connectivity index (χ0n) is 12.3. The van der Waals surface area contributed by atoms with Crippen molar-refractivity contribution in [3.63, 3.8) is 0 Å². The molecule has 2 aromatic rings. The van der Waals surface area contributed by atoms with Gasteiger partial charge in [0.05, 0.1) is 6.20 Å². The zero-order chi connectivity index (χ0) is 15.4. The first kappa shape index (κ1) is 14.8. The molecule has 0 N–H and O–H groups in total. The molecule has 1 fully saturated rings. The van der Waals surface area contributed by atoms with Gasteiger partial charge in [0, 0.05) is 45.1 Å². The van der Waals surface area contributed by atoms with Crippen LogP contribution < -0.4 is 4.90 Å². The molecule has 1 saturated heterocycles. The van der Waals surface area contributed by atoms with E-state index in [0.29, 0.717) is 0 Å². The first-order valence-corrected chi connectivity index (χ1v) is 7.39. The lowest BCUT2D eigenvalue weighted by molar-refractivity contribution is 0.260. The van der Waals surface area contributed by atoms with Gasteiger partial charge in [-0.1, -0.05) is 6.07 Å². The van der Waals surface area contributed by atoms with E-state index < -0.39 is 11.6 Å². The Morgan fingerprint density at radius 2 is 1.82 bits per heavy atom. The van der Waals surface area contributed by atoms with Crippen molar-refractivity contribution in [1.82, 2.24) is 14.9 Å². The first-order valence-electron chi connectivity index (χ1n) is 7.39. The lowest BCUT2D eigenvalue weighted by atomic mass is 10.1. The lowest BCUT2D eigenvalue weighted by Crippen LogP contribution is -2.47. The van der Waals surface area contributed by atoms with Gasteiger partial charge in [0.25, 0.3) is 0 Å². The summed E-state index contributed by atoms with van der Waals surface area (Å²) in [4.78, 5) is 12.9. The van der Waals surface area contributed by atoms with E-state index in [2.05, 4.69) is 19.8 Å². The van der Waals surface area contributed by atoms with Crippen molar-refractivity contribution in [3.05, 3.63) is 54.0 Å². The molecule has 1 aliphatic heterocycles. The van der Waals surface area contributed by atoms with Crippen LogP contribution in [-0.2, 0) is 6.42 Å². The molecule has 116 valence electrons. The summed E-state index contributed by atoms with van der Waals surface area (Å²) in [6, 6.07) is 4.12. The fourth-order valence-corrected chi connectivity index (χ4v) is 2.64. The molecule has 6 heteroatoms. The highest BCUT2D eigenvalue weighted by molar-refractivity contribution is 5.35. The topological polar surface area (TPSA) is 32.3 Å². The molecule has 0 saturated carbocycles. The Labute approximate surface area is 128 Å². The van der Waals surface area contributed by atoms with Crippen molar-refractivity contribution in [1.29, 1.82) is 0 Å². The number of hydrogen-bond donors (Lipinski definition) is 0. The summed E-state index contributed by atoms with van der Waals surface area (Å²) in [5.74, 6) is -0.658. The second kappa shape index (κ2) is 6.79. The minimum atomic E-state index is -0.790. The van der Waals surface area contributed by atoms with Gasteiger partial charge in [0.1, 0.15) is 5.82 Å². The molecule has 0 amide bonds. The second-order valence-corrected chi connectivity index (χ2v) is 5.39. The number of halogens is 2. The van der Waals surface area contributed by atoms with Gasteiger partial charge < -0.3 is 4.90 Å². The number of anilines is 1. The van der Waals surface area contributed by atoms with Gasteiger partial charge in [-0.05, 0) is 24.1 Å². The number of rotatable bonds is 4. The van der Waals surface area contributed by atoms with Gasteiger partial charge in [-0.25, -0.2) is 13.8 Å². The molecule has 0 unspecified atom stereocenters. The highest BCUT2D eigenvalue weighted by Gasteiger charge is 2.17. The van der Waals surface area contributed by atoms with E-state index in [1.807, 2.05) is 0 Å². The third-order valence-electron chi connectivity index (χ3n) is 3.95. The first-order chi connectivity index (χ1) is 10.7. The summed E-state index contributed by atoms with van der Waals surface area (Å²) in [6.45, 7) is 4.51. The summed E-state index contributed by atoms with van der Waals surface area (Å²) in [5, 5.41) is 0. The minimum Gasteiger partial charge on any atom is -0.353 e. The highest BCUT2D eigenvalue weighted by Crippen LogP contribution is 2.13. The number of benzene rings is 1. The maximum absolute atomic E-state index is 13.2. The largest absolute Gasteiger partial charge is 0.353 e. The van der Waals surface area contributed by atoms with E-state index in [0.717, 1.165) is 50.5 Å². The Hall–Kier alpha value is -2.08. The zero-order valence-corrected chi connectivity index (χ0v) is 12.3. The summed E-state index contributed by atoms with van der Waals surface area (Å²) >= 11 is 0. The van der Waals surface area contributed by atoms with Gasteiger partial charge in [0.15, 0.2) is 11.6 Å². The molecule has 4 nitrogen and oxygen atoms in total. The molecule has 22 heavy (non-hydrogen) atoms. The molecule has 0 aliphatic carbocycles. The van der Waals surface area contributed by atoms with E-state index in [9.17, 15) is 8.78 Å². The van der Waals surface area contributed by atoms with E-state index in [1.165, 1.54) is 12.1 Å². The van der Waals surface area contributed by atoms with Gasteiger partial charge in [0.2, 0.25) is 0 Å². The van der Waals surface area contributed by atoms with Crippen molar-refractivity contribution in [3.8, 4) is 0 Å². The van der Waals surface area contributed by atoms with Crippen molar-refractivity contribution >= 4 is 5.82 Å². The molecular weight excluding hydrogens is 286 g/mol. The van der Waals surface area contributed by atoms with E-state index in [1.54, 1.807) is 24.7 Å². The molecule has 0 radical (unpaired) electrons. The van der Waals surface area contributed by atoms with Crippen molar-refractivity contribution < 1.29 is 8.78 Å². The van der Waals surface area contributed by atoms with E-state index in [-0.39, 0.29) is 0 Å². The van der Waals surface area contributed by atoms with Crippen LogP contribution in [0.5, 0.6) is 0 Å². The molecule has 1 aromatic heterocycles. The maximum Gasteiger partial charge on any atom is 0.159 e. The number of aromatic nitrogens is 2. The molecule has 0 spiro atoms. The predicted molar refractivity (Wildman–Crippen MR) is 80.7 cm³/mol. The quantitative estimate of drug-likeness (QED) is 0.866. The minimum absolute atomic E-state index is 0.725. The Kier molecular flexibility index (Phi) is 4.58. The number of nitrogens with zero attached hydrogens (tertiary/aromatic N) is 4. The Bertz CT molecular complexity index is 613. The molecule has 1 aliphatic rings. The summed E-state index contributed by atoms with van der Waals surface area (Å²) in [6.07, 6.45) is 5.87. The van der Waals surface area contributed by atoms with Crippen LogP contribution in [-0.4, -0.2) is 47.6 Å². The smallest absolute Gasteiger partial charge is 0.159 e. The van der Waals surface area contributed by atoms with Crippen LogP contribution in [0.3, 0.4) is 0 Å². The van der Waals surface area contributed by atoms with Crippen LogP contribution in [0.25, 0.3) is 0 Å². The molecule has 1 aromatic carbocycles. The second-order valence-electron chi connectivity index (χ2n) is 5.39.